The van der Waals surface area contributed by atoms with Crippen LogP contribution >= 0.6 is 0 Å². The zero-order chi connectivity index (χ0) is 14.8. The summed E-state index contributed by atoms with van der Waals surface area (Å²) in [5, 5.41) is 0. The Hall–Kier alpha value is -0.850. The van der Waals surface area contributed by atoms with E-state index in [-0.39, 0.29) is 12.1 Å². The lowest BCUT2D eigenvalue weighted by atomic mass is 10.1. The third-order valence-electron chi connectivity index (χ3n) is 4.97. The molecule has 120 valence electrons. The number of morpholine rings is 1. The van der Waals surface area contributed by atoms with Crippen LogP contribution in [0, 0.1) is 0 Å². The monoisotopic (exact) mass is 296 g/mol. The van der Waals surface area contributed by atoms with Gasteiger partial charge >= 0.3 is 6.03 Å². The van der Waals surface area contributed by atoms with Gasteiger partial charge < -0.3 is 19.4 Å². The lowest BCUT2D eigenvalue weighted by Crippen LogP contribution is -2.52. The van der Waals surface area contributed by atoms with Crippen molar-refractivity contribution < 1.29 is 9.53 Å². The predicted molar refractivity (Wildman–Crippen MR) is 81.4 cm³/mol. The van der Waals surface area contributed by atoms with Crippen LogP contribution in [-0.2, 0) is 4.74 Å². The van der Waals surface area contributed by atoms with Crippen molar-refractivity contribution in [2.45, 2.75) is 25.0 Å². The molecule has 6 nitrogen and oxygen atoms in total. The fraction of sp³-hybridized carbons (Fsp3) is 0.933. The van der Waals surface area contributed by atoms with Crippen LogP contribution in [0.15, 0.2) is 0 Å². The average Bonchev–Trinajstić information content (AvgIpc) is 3.13. The van der Waals surface area contributed by atoms with Crippen LogP contribution in [-0.4, -0.2) is 104 Å². The molecule has 0 aromatic rings. The maximum atomic E-state index is 12.1. The van der Waals surface area contributed by atoms with E-state index in [0.29, 0.717) is 6.04 Å². The van der Waals surface area contributed by atoms with Gasteiger partial charge in [0.2, 0.25) is 0 Å². The Balaban J connectivity index is 1.55. The van der Waals surface area contributed by atoms with Gasteiger partial charge in [-0.1, -0.05) is 0 Å². The quantitative estimate of drug-likeness (QED) is 0.743. The lowest BCUT2D eigenvalue weighted by Gasteiger charge is -2.37. The summed E-state index contributed by atoms with van der Waals surface area (Å²) < 4.78 is 5.90. The summed E-state index contributed by atoms with van der Waals surface area (Å²) in [6.07, 6.45) is 2.89. The van der Waals surface area contributed by atoms with E-state index in [1.165, 1.54) is 25.9 Å². The van der Waals surface area contributed by atoms with Crippen LogP contribution < -0.4 is 0 Å². The van der Waals surface area contributed by atoms with Gasteiger partial charge in [-0.3, -0.25) is 4.90 Å². The Bertz CT molecular complexity index is 371. The molecule has 3 fully saturated rings. The summed E-state index contributed by atoms with van der Waals surface area (Å²) in [5.41, 5.74) is 0. The second kappa shape index (κ2) is 6.50. The summed E-state index contributed by atoms with van der Waals surface area (Å²) in [5.74, 6) is 0. The fourth-order valence-electron chi connectivity index (χ4n) is 3.75. The molecule has 0 spiro atoms. The molecule has 0 aromatic heterocycles. The Morgan fingerprint density at radius 3 is 2.62 bits per heavy atom. The SMILES string of the molecule is CN(C)C(=O)N1C[C@@H]2OCCN(CCN3CCCC3)[C@@H]2C1. The summed E-state index contributed by atoms with van der Waals surface area (Å²) in [6.45, 7) is 8.11. The van der Waals surface area contributed by atoms with Crippen molar-refractivity contribution in [3.8, 4) is 0 Å². The molecule has 0 radical (unpaired) electrons. The third kappa shape index (κ3) is 3.33. The lowest BCUT2D eigenvalue weighted by molar-refractivity contribution is -0.0486. The number of likely N-dealkylation sites (tertiary alicyclic amines) is 2. The van der Waals surface area contributed by atoms with Gasteiger partial charge in [-0.25, -0.2) is 4.79 Å². The molecule has 3 rings (SSSR count). The van der Waals surface area contributed by atoms with Crippen LogP contribution in [0.4, 0.5) is 4.79 Å². The van der Waals surface area contributed by atoms with E-state index in [4.69, 9.17) is 4.74 Å². The molecule has 2 amide bonds. The van der Waals surface area contributed by atoms with E-state index < -0.39 is 0 Å². The van der Waals surface area contributed by atoms with Crippen molar-refractivity contribution in [2.24, 2.45) is 0 Å². The first-order valence-corrected chi connectivity index (χ1v) is 8.19. The molecule has 3 aliphatic heterocycles. The molecule has 3 aliphatic rings. The molecule has 0 saturated carbocycles. The van der Waals surface area contributed by atoms with Gasteiger partial charge in [0.25, 0.3) is 0 Å². The Morgan fingerprint density at radius 2 is 1.90 bits per heavy atom. The highest BCUT2D eigenvalue weighted by atomic mass is 16.5. The van der Waals surface area contributed by atoms with Crippen molar-refractivity contribution in [1.82, 2.24) is 19.6 Å². The average molecular weight is 296 g/mol. The number of carbonyl (C=O) groups is 1. The van der Waals surface area contributed by atoms with Crippen LogP contribution in [0.5, 0.6) is 0 Å². The van der Waals surface area contributed by atoms with Gasteiger partial charge in [0.05, 0.1) is 25.3 Å². The predicted octanol–water partition coefficient (Wildman–Crippen LogP) is 0.149. The Morgan fingerprint density at radius 1 is 1.14 bits per heavy atom. The molecule has 21 heavy (non-hydrogen) atoms. The van der Waals surface area contributed by atoms with Crippen molar-refractivity contribution in [2.75, 3.05) is 66.5 Å². The van der Waals surface area contributed by atoms with Crippen molar-refractivity contribution >= 4 is 6.03 Å². The van der Waals surface area contributed by atoms with Gasteiger partial charge in [0, 0.05) is 40.3 Å². The molecule has 6 heteroatoms. The second-order valence-corrected chi connectivity index (χ2v) is 6.64. The Kier molecular flexibility index (Phi) is 4.66. The van der Waals surface area contributed by atoms with Gasteiger partial charge in [0.15, 0.2) is 0 Å². The van der Waals surface area contributed by atoms with Crippen molar-refractivity contribution in [3.63, 3.8) is 0 Å². The third-order valence-corrected chi connectivity index (χ3v) is 4.97. The Labute approximate surface area is 127 Å². The minimum Gasteiger partial charge on any atom is -0.373 e. The summed E-state index contributed by atoms with van der Waals surface area (Å²) in [7, 11) is 3.63. The molecule has 0 bridgehead atoms. The highest BCUT2D eigenvalue weighted by Crippen LogP contribution is 2.23. The number of ether oxygens (including phenoxy) is 1. The number of rotatable bonds is 3. The number of amides is 2. The first-order chi connectivity index (χ1) is 10.1. The zero-order valence-electron chi connectivity index (χ0n) is 13.3. The topological polar surface area (TPSA) is 39.3 Å². The minimum atomic E-state index is 0.104. The number of nitrogens with zero attached hydrogens (tertiary/aromatic N) is 4. The molecule has 0 N–H and O–H groups in total. The molecule has 0 unspecified atom stereocenters. The second-order valence-electron chi connectivity index (χ2n) is 6.64. The minimum absolute atomic E-state index is 0.104. The molecule has 0 aliphatic carbocycles. The maximum absolute atomic E-state index is 12.1. The van der Waals surface area contributed by atoms with E-state index in [1.807, 2.05) is 19.0 Å². The van der Waals surface area contributed by atoms with Crippen LogP contribution in [0.1, 0.15) is 12.8 Å². The van der Waals surface area contributed by atoms with E-state index in [1.54, 1.807) is 4.90 Å². The standard InChI is InChI=1S/C15H28N4O2/c1-16(2)15(20)19-11-13-14(12-19)21-10-9-18(13)8-7-17-5-3-4-6-17/h13-14H,3-12H2,1-2H3/t13-,14+/m1/s1. The van der Waals surface area contributed by atoms with Gasteiger partial charge in [-0.15, -0.1) is 0 Å². The molecular weight excluding hydrogens is 268 g/mol. The summed E-state index contributed by atoms with van der Waals surface area (Å²) in [4.78, 5) is 20.8. The first kappa shape index (κ1) is 15.1. The van der Waals surface area contributed by atoms with Crippen molar-refractivity contribution in [3.05, 3.63) is 0 Å². The maximum Gasteiger partial charge on any atom is 0.319 e. The van der Waals surface area contributed by atoms with Crippen molar-refractivity contribution in [1.29, 1.82) is 0 Å². The van der Waals surface area contributed by atoms with Crippen LogP contribution in [0.25, 0.3) is 0 Å². The zero-order valence-corrected chi connectivity index (χ0v) is 13.3. The molecule has 3 heterocycles. The number of urea groups is 1. The van der Waals surface area contributed by atoms with Gasteiger partial charge in [0.1, 0.15) is 0 Å². The largest absolute Gasteiger partial charge is 0.373 e. The van der Waals surface area contributed by atoms with E-state index in [2.05, 4.69) is 9.80 Å². The van der Waals surface area contributed by atoms with E-state index in [0.717, 1.165) is 39.3 Å². The van der Waals surface area contributed by atoms with Crippen LogP contribution in [0.2, 0.25) is 0 Å². The normalized spacial score (nSPS) is 30.7. The summed E-state index contributed by atoms with van der Waals surface area (Å²) >= 11 is 0. The molecule has 2 atom stereocenters. The molecule has 0 aromatic carbocycles. The van der Waals surface area contributed by atoms with Crippen LogP contribution in [0.3, 0.4) is 0 Å². The van der Waals surface area contributed by atoms with Gasteiger partial charge in [-0.05, 0) is 25.9 Å². The summed E-state index contributed by atoms with van der Waals surface area (Å²) in [6, 6.07) is 0.484. The number of hydrogen-bond acceptors (Lipinski definition) is 4. The molecular formula is C15H28N4O2. The smallest absolute Gasteiger partial charge is 0.319 e. The number of carbonyl (C=O) groups excluding carboxylic acids is 1. The first-order valence-electron chi connectivity index (χ1n) is 8.19. The highest BCUT2D eigenvalue weighted by molar-refractivity contribution is 5.74. The highest BCUT2D eigenvalue weighted by Gasteiger charge is 2.42. The van der Waals surface area contributed by atoms with Gasteiger partial charge in [-0.2, -0.15) is 0 Å². The number of fused-ring (bicyclic) bond motifs is 1. The number of hydrogen-bond donors (Lipinski definition) is 0. The van der Waals surface area contributed by atoms with E-state index >= 15 is 0 Å². The molecule has 3 saturated heterocycles. The van der Waals surface area contributed by atoms with E-state index in [9.17, 15) is 4.79 Å². The fourth-order valence-corrected chi connectivity index (χ4v) is 3.75.